The van der Waals surface area contributed by atoms with Crippen molar-refractivity contribution in [2.24, 2.45) is 5.92 Å². The minimum absolute atomic E-state index is 0.204. The first-order valence-corrected chi connectivity index (χ1v) is 7.55. The van der Waals surface area contributed by atoms with E-state index in [4.69, 9.17) is 4.74 Å². The molecule has 1 aromatic carbocycles. The van der Waals surface area contributed by atoms with Gasteiger partial charge in [-0.3, -0.25) is 0 Å². The molecule has 1 aliphatic carbocycles. The Morgan fingerprint density at radius 1 is 1.19 bits per heavy atom. The molecule has 0 spiro atoms. The van der Waals surface area contributed by atoms with E-state index in [-0.39, 0.29) is 17.7 Å². The van der Waals surface area contributed by atoms with Gasteiger partial charge in [0.1, 0.15) is 0 Å². The summed E-state index contributed by atoms with van der Waals surface area (Å²) in [5.41, 5.74) is 0.204. The number of halogens is 3. The molecule has 1 saturated carbocycles. The minimum atomic E-state index is -1.39. The topological polar surface area (TPSA) is 21.3 Å². The highest BCUT2D eigenvalue weighted by molar-refractivity contribution is 5.24. The van der Waals surface area contributed by atoms with Gasteiger partial charge in [-0.25, -0.2) is 13.2 Å². The molecule has 0 saturated heterocycles. The van der Waals surface area contributed by atoms with Gasteiger partial charge in [-0.2, -0.15) is 0 Å². The summed E-state index contributed by atoms with van der Waals surface area (Å²) in [5.74, 6) is -3.19. The molecule has 0 aliphatic heterocycles. The van der Waals surface area contributed by atoms with Crippen molar-refractivity contribution >= 4 is 0 Å². The molecule has 1 aliphatic rings. The smallest absolute Gasteiger partial charge is 0.194 e. The van der Waals surface area contributed by atoms with Crippen molar-refractivity contribution in [2.75, 3.05) is 13.2 Å². The van der Waals surface area contributed by atoms with Crippen LogP contribution in [0.4, 0.5) is 13.2 Å². The molecule has 21 heavy (non-hydrogen) atoms. The zero-order valence-corrected chi connectivity index (χ0v) is 12.5. The summed E-state index contributed by atoms with van der Waals surface area (Å²) in [7, 11) is 0. The molecular weight excluding hydrogens is 279 g/mol. The van der Waals surface area contributed by atoms with E-state index < -0.39 is 17.5 Å². The molecule has 1 atom stereocenters. The summed E-state index contributed by atoms with van der Waals surface area (Å²) in [6.45, 7) is 5.22. The maximum absolute atomic E-state index is 13.9. The molecule has 0 amide bonds. The van der Waals surface area contributed by atoms with Crippen molar-refractivity contribution in [1.82, 2.24) is 5.32 Å². The van der Waals surface area contributed by atoms with Crippen LogP contribution in [0.2, 0.25) is 0 Å². The fourth-order valence-electron chi connectivity index (χ4n) is 2.95. The highest BCUT2D eigenvalue weighted by Gasteiger charge is 2.32. The Bertz CT molecular complexity index is 475. The molecule has 2 rings (SSSR count). The van der Waals surface area contributed by atoms with Crippen molar-refractivity contribution in [1.29, 1.82) is 0 Å². The summed E-state index contributed by atoms with van der Waals surface area (Å²) >= 11 is 0. The van der Waals surface area contributed by atoms with E-state index in [2.05, 4.69) is 5.32 Å². The summed E-state index contributed by atoms with van der Waals surface area (Å²) < 4.78 is 45.9. The van der Waals surface area contributed by atoms with Gasteiger partial charge in [0.15, 0.2) is 17.5 Å². The van der Waals surface area contributed by atoms with Crippen LogP contribution in [0.15, 0.2) is 12.1 Å². The van der Waals surface area contributed by atoms with Crippen LogP contribution >= 0.6 is 0 Å². The van der Waals surface area contributed by atoms with Crippen LogP contribution in [0, 0.1) is 23.4 Å². The second-order valence-corrected chi connectivity index (χ2v) is 5.53. The number of ether oxygens (including phenoxy) is 1. The van der Waals surface area contributed by atoms with E-state index in [1.165, 1.54) is 6.07 Å². The lowest BCUT2D eigenvalue weighted by atomic mass is 9.77. The van der Waals surface area contributed by atoms with E-state index >= 15 is 0 Å². The van der Waals surface area contributed by atoms with Crippen molar-refractivity contribution in [3.8, 4) is 0 Å². The van der Waals surface area contributed by atoms with E-state index in [1.807, 2.05) is 13.8 Å². The molecule has 0 aromatic heterocycles. The molecule has 1 fully saturated rings. The van der Waals surface area contributed by atoms with E-state index in [9.17, 15) is 13.2 Å². The maximum atomic E-state index is 13.9. The monoisotopic (exact) mass is 301 g/mol. The second kappa shape index (κ2) is 7.27. The maximum Gasteiger partial charge on any atom is 0.194 e. The lowest BCUT2D eigenvalue weighted by Crippen LogP contribution is -2.35. The largest absolute Gasteiger partial charge is 0.378 e. The Hall–Kier alpha value is -1.07. The first kappa shape index (κ1) is 16.3. The first-order chi connectivity index (χ1) is 10.1. The molecule has 5 heteroatoms. The van der Waals surface area contributed by atoms with Crippen LogP contribution < -0.4 is 5.32 Å². The number of hydrogen-bond donors (Lipinski definition) is 1. The SMILES string of the molecule is CCNC(CC1CC(OCC)C1)c1ccc(F)c(F)c1F. The normalized spacial score (nSPS) is 22.9. The van der Waals surface area contributed by atoms with Gasteiger partial charge < -0.3 is 10.1 Å². The summed E-state index contributed by atoms with van der Waals surface area (Å²) in [6, 6.07) is 2.03. The Labute approximate surface area is 123 Å². The average Bonchev–Trinajstić information content (AvgIpc) is 2.42. The molecular formula is C16H22F3NO. The predicted octanol–water partition coefficient (Wildman–Crippen LogP) is 3.96. The van der Waals surface area contributed by atoms with Gasteiger partial charge in [0, 0.05) is 18.2 Å². The van der Waals surface area contributed by atoms with Crippen LogP contribution in [0.3, 0.4) is 0 Å². The molecule has 0 bridgehead atoms. The summed E-state index contributed by atoms with van der Waals surface area (Å²) in [5, 5.41) is 3.16. The molecule has 1 aromatic rings. The predicted molar refractivity (Wildman–Crippen MR) is 75.5 cm³/mol. The van der Waals surface area contributed by atoms with Crippen LogP contribution in [0.5, 0.6) is 0 Å². The fraction of sp³-hybridized carbons (Fsp3) is 0.625. The van der Waals surface area contributed by atoms with Gasteiger partial charge in [-0.1, -0.05) is 13.0 Å². The van der Waals surface area contributed by atoms with Gasteiger partial charge in [-0.15, -0.1) is 0 Å². The molecule has 2 nitrogen and oxygen atoms in total. The lowest BCUT2D eigenvalue weighted by molar-refractivity contribution is -0.0292. The lowest BCUT2D eigenvalue weighted by Gasteiger charge is -2.37. The summed E-state index contributed by atoms with van der Waals surface area (Å²) in [4.78, 5) is 0. The van der Waals surface area contributed by atoms with Crippen molar-refractivity contribution in [3.63, 3.8) is 0 Å². The van der Waals surface area contributed by atoms with Crippen molar-refractivity contribution in [2.45, 2.75) is 45.3 Å². The minimum Gasteiger partial charge on any atom is -0.378 e. The molecule has 1 N–H and O–H groups in total. The van der Waals surface area contributed by atoms with Crippen LogP contribution in [0.25, 0.3) is 0 Å². The van der Waals surface area contributed by atoms with E-state index in [0.29, 0.717) is 25.5 Å². The quantitative estimate of drug-likeness (QED) is 0.770. The van der Waals surface area contributed by atoms with Gasteiger partial charge >= 0.3 is 0 Å². The highest BCUT2D eigenvalue weighted by Crippen LogP contribution is 2.37. The van der Waals surface area contributed by atoms with E-state index in [1.54, 1.807) is 0 Å². The Morgan fingerprint density at radius 3 is 2.52 bits per heavy atom. The average molecular weight is 301 g/mol. The highest BCUT2D eigenvalue weighted by atomic mass is 19.2. The number of benzene rings is 1. The number of nitrogens with one attached hydrogen (secondary N) is 1. The van der Waals surface area contributed by atoms with Crippen LogP contribution in [-0.4, -0.2) is 19.3 Å². The van der Waals surface area contributed by atoms with Crippen molar-refractivity contribution in [3.05, 3.63) is 35.1 Å². The molecule has 118 valence electrons. The molecule has 0 heterocycles. The molecule has 1 unspecified atom stereocenters. The number of hydrogen-bond acceptors (Lipinski definition) is 2. The third-order valence-electron chi connectivity index (χ3n) is 4.05. The van der Waals surface area contributed by atoms with Gasteiger partial charge in [0.2, 0.25) is 0 Å². The number of rotatable bonds is 7. The zero-order chi connectivity index (χ0) is 15.4. The Morgan fingerprint density at radius 2 is 1.90 bits per heavy atom. The third-order valence-corrected chi connectivity index (χ3v) is 4.05. The third kappa shape index (κ3) is 3.77. The van der Waals surface area contributed by atoms with Gasteiger partial charge in [0.25, 0.3) is 0 Å². The van der Waals surface area contributed by atoms with Gasteiger partial charge in [0.05, 0.1) is 6.10 Å². The van der Waals surface area contributed by atoms with E-state index in [0.717, 1.165) is 18.9 Å². The molecule has 0 radical (unpaired) electrons. The van der Waals surface area contributed by atoms with Crippen LogP contribution in [-0.2, 0) is 4.74 Å². The fourth-order valence-corrected chi connectivity index (χ4v) is 2.95. The standard InChI is InChI=1S/C16H22F3NO/c1-3-20-14(9-10-7-11(8-10)21-4-2)12-5-6-13(17)16(19)15(12)18/h5-6,10-11,14,20H,3-4,7-9H2,1-2H3. The Kier molecular flexibility index (Phi) is 5.65. The summed E-state index contributed by atoms with van der Waals surface area (Å²) in [6.07, 6.45) is 2.89. The van der Waals surface area contributed by atoms with Gasteiger partial charge in [-0.05, 0) is 44.7 Å². The Balaban J connectivity index is 2.04. The van der Waals surface area contributed by atoms with Crippen molar-refractivity contribution < 1.29 is 17.9 Å². The zero-order valence-electron chi connectivity index (χ0n) is 12.5. The first-order valence-electron chi connectivity index (χ1n) is 7.55. The van der Waals surface area contributed by atoms with Crippen LogP contribution in [0.1, 0.15) is 44.7 Å². The second-order valence-electron chi connectivity index (χ2n) is 5.53.